The summed E-state index contributed by atoms with van der Waals surface area (Å²) in [5.41, 5.74) is 0.662. The van der Waals surface area contributed by atoms with E-state index in [2.05, 4.69) is 20.2 Å². The van der Waals surface area contributed by atoms with Crippen molar-refractivity contribution in [1.82, 2.24) is 9.97 Å². The monoisotopic (exact) mass is 388 g/mol. The van der Waals surface area contributed by atoms with Crippen LogP contribution in [0.2, 0.25) is 0 Å². The van der Waals surface area contributed by atoms with Crippen LogP contribution in [0.25, 0.3) is 0 Å². The van der Waals surface area contributed by atoms with Crippen LogP contribution in [0.4, 0.5) is 11.5 Å². The Morgan fingerprint density at radius 3 is 2.63 bits per heavy atom. The van der Waals surface area contributed by atoms with Gasteiger partial charge < -0.3 is 19.7 Å². The summed E-state index contributed by atoms with van der Waals surface area (Å²) in [7, 11) is 3.14. The minimum atomic E-state index is -0.106. The number of aromatic nitrogens is 2. The van der Waals surface area contributed by atoms with Gasteiger partial charge in [-0.1, -0.05) is 11.8 Å². The van der Waals surface area contributed by atoms with E-state index in [1.165, 1.54) is 31.0 Å². The molecule has 144 valence electrons. The highest BCUT2D eigenvalue weighted by atomic mass is 32.2. The molecule has 1 aliphatic rings. The number of piperidine rings is 1. The molecule has 1 fully saturated rings. The zero-order valence-electron chi connectivity index (χ0n) is 15.6. The molecule has 1 aromatic heterocycles. The Hall–Kier alpha value is -2.48. The van der Waals surface area contributed by atoms with Crippen molar-refractivity contribution in [2.24, 2.45) is 0 Å². The second-order valence-electron chi connectivity index (χ2n) is 6.17. The van der Waals surface area contributed by atoms with Gasteiger partial charge in [-0.3, -0.25) is 4.79 Å². The summed E-state index contributed by atoms with van der Waals surface area (Å²) in [5, 5.41) is 3.67. The van der Waals surface area contributed by atoms with Crippen molar-refractivity contribution in [2.75, 3.05) is 43.3 Å². The van der Waals surface area contributed by atoms with Crippen LogP contribution in [0.15, 0.2) is 35.6 Å². The first kappa shape index (κ1) is 19.3. The van der Waals surface area contributed by atoms with Gasteiger partial charge in [0.1, 0.15) is 17.2 Å². The largest absolute Gasteiger partial charge is 0.493 e. The first-order valence-electron chi connectivity index (χ1n) is 8.91. The minimum absolute atomic E-state index is 0.106. The van der Waals surface area contributed by atoms with Gasteiger partial charge in [0.2, 0.25) is 5.91 Å². The van der Waals surface area contributed by atoms with Crippen LogP contribution >= 0.6 is 11.8 Å². The zero-order chi connectivity index (χ0) is 19.1. The molecular formula is C19H24N4O3S. The summed E-state index contributed by atoms with van der Waals surface area (Å²) in [5.74, 6) is 2.30. The number of carbonyl (C=O) groups is 1. The fraction of sp³-hybridized carbons (Fsp3) is 0.421. The van der Waals surface area contributed by atoms with Crippen molar-refractivity contribution in [3.8, 4) is 11.5 Å². The molecule has 0 aliphatic carbocycles. The normalized spacial score (nSPS) is 13.9. The SMILES string of the molecule is COc1ccc(NC(=O)CSc2cc(N3CCCCC3)ncn2)cc1OC. The molecule has 0 radical (unpaired) electrons. The van der Waals surface area contributed by atoms with Crippen LogP contribution in [-0.4, -0.2) is 48.9 Å². The molecule has 1 N–H and O–H groups in total. The Morgan fingerprint density at radius 2 is 1.89 bits per heavy atom. The van der Waals surface area contributed by atoms with Gasteiger partial charge in [-0.05, 0) is 31.4 Å². The Bertz CT molecular complexity index is 781. The number of nitrogens with zero attached hydrogens (tertiary/aromatic N) is 3. The fourth-order valence-corrected chi connectivity index (χ4v) is 3.62. The molecule has 0 bridgehead atoms. The van der Waals surface area contributed by atoms with Gasteiger partial charge >= 0.3 is 0 Å². The third kappa shape index (κ3) is 5.26. The molecule has 1 aliphatic heterocycles. The van der Waals surface area contributed by atoms with Crippen molar-refractivity contribution in [1.29, 1.82) is 0 Å². The van der Waals surface area contributed by atoms with E-state index in [0.717, 1.165) is 23.9 Å². The standard InChI is InChI=1S/C19H24N4O3S/c1-25-15-7-6-14(10-16(15)26-2)22-18(24)12-27-19-11-17(20-13-21-19)23-8-4-3-5-9-23/h6-7,10-11,13H,3-5,8-9,12H2,1-2H3,(H,22,24). The molecule has 2 heterocycles. The Morgan fingerprint density at radius 1 is 1.11 bits per heavy atom. The molecule has 27 heavy (non-hydrogen) atoms. The maximum atomic E-state index is 12.3. The van der Waals surface area contributed by atoms with Crippen LogP contribution in [0.5, 0.6) is 11.5 Å². The lowest BCUT2D eigenvalue weighted by Crippen LogP contribution is -2.30. The lowest BCUT2D eigenvalue weighted by atomic mass is 10.1. The van der Waals surface area contributed by atoms with Crippen molar-refractivity contribution in [3.05, 3.63) is 30.6 Å². The topological polar surface area (TPSA) is 76.6 Å². The summed E-state index contributed by atoms with van der Waals surface area (Å²) in [6.45, 7) is 2.06. The lowest BCUT2D eigenvalue weighted by Gasteiger charge is -2.27. The van der Waals surface area contributed by atoms with Crippen molar-refractivity contribution < 1.29 is 14.3 Å². The van der Waals surface area contributed by atoms with Crippen LogP contribution < -0.4 is 19.7 Å². The summed E-state index contributed by atoms with van der Waals surface area (Å²) in [6, 6.07) is 7.24. The predicted octanol–water partition coefficient (Wildman–Crippen LogP) is 3.21. The number of amides is 1. The van der Waals surface area contributed by atoms with Crippen molar-refractivity contribution in [2.45, 2.75) is 24.3 Å². The number of benzene rings is 1. The molecule has 0 unspecified atom stereocenters. The first-order chi connectivity index (χ1) is 13.2. The number of ether oxygens (including phenoxy) is 2. The number of rotatable bonds is 7. The second kappa shape index (κ2) is 9.45. The number of methoxy groups -OCH3 is 2. The minimum Gasteiger partial charge on any atom is -0.493 e. The molecule has 0 saturated carbocycles. The molecule has 2 aromatic rings. The van der Waals surface area contributed by atoms with Gasteiger partial charge in [0.15, 0.2) is 11.5 Å². The average molecular weight is 388 g/mol. The maximum Gasteiger partial charge on any atom is 0.234 e. The van der Waals surface area contributed by atoms with E-state index in [1.807, 2.05) is 6.07 Å². The number of hydrogen-bond donors (Lipinski definition) is 1. The molecular weight excluding hydrogens is 364 g/mol. The van der Waals surface area contributed by atoms with Crippen LogP contribution in [-0.2, 0) is 4.79 Å². The first-order valence-corrected chi connectivity index (χ1v) is 9.90. The third-order valence-corrected chi connectivity index (χ3v) is 5.25. The number of thioether (sulfide) groups is 1. The highest BCUT2D eigenvalue weighted by molar-refractivity contribution is 7.99. The molecule has 0 atom stereocenters. The molecule has 3 rings (SSSR count). The van der Waals surface area contributed by atoms with E-state index in [9.17, 15) is 4.79 Å². The van der Waals surface area contributed by atoms with Crippen molar-refractivity contribution in [3.63, 3.8) is 0 Å². The molecule has 1 aromatic carbocycles. The number of carbonyl (C=O) groups excluding carboxylic acids is 1. The fourth-order valence-electron chi connectivity index (χ4n) is 2.96. The summed E-state index contributed by atoms with van der Waals surface area (Å²) < 4.78 is 10.5. The smallest absolute Gasteiger partial charge is 0.234 e. The summed E-state index contributed by atoms with van der Waals surface area (Å²) in [6.07, 6.45) is 5.23. The number of nitrogens with one attached hydrogen (secondary N) is 1. The predicted molar refractivity (Wildman–Crippen MR) is 107 cm³/mol. The van der Waals surface area contributed by atoms with E-state index in [1.54, 1.807) is 38.7 Å². The Balaban J connectivity index is 1.56. The van der Waals surface area contributed by atoms with E-state index in [4.69, 9.17) is 9.47 Å². The molecule has 1 saturated heterocycles. The van der Waals surface area contributed by atoms with Gasteiger partial charge in [0, 0.05) is 30.9 Å². The molecule has 0 spiro atoms. The van der Waals surface area contributed by atoms with E-state index < -0.39 is 0 Å². The van der Waals surface area contributed by atoms with Crippen LogP contribution in [0, 0.1) is 0 Å². The lowest BCUT2D eigenvalue weighted by molar-refractivity contribution is -0.113. The van der Waals surface area contributed by atoms with Gasteiger partial charge in [-0.25, -0.2) is 9.97 Å². The second-order valence-corrected chi connectivity index (χ2v) is 7.16. The quantitative estimate of drug-likeness (QED) is 0.576. The van der Waals surface area contributed by atoms with Gasteiger partial charge in [-0.15, -0.1) is 0 Å². The van der Waals surface area contributed by atoms with E-state index in [0.29, 0.717) is 17.2 Å². The number of anilines is 2. The maximum absolute atomic E-state index is 12.3. The number of hydrogen-bond acceptors (Lipinski definition) is 7. The van der Waals surface area contributed by atoms with Crippen molar-refractivity contribution >= 4 is 29.2 Å². The highest BCUT2D eigenvalue weighted by Crippen LogP contribution is 2.30. The van der Waals surface area contributed by atoms with Gasteiger partial charge in [0.25, 0.3) is 0 Å². The average Bonchev–Trinajstić information content (AvgIpc) is 2.73. The Labute approximate surface area is 163 Å². The zero-order valence-corrected chi connectivity index (χ0v) is 16.4. The van der Waals surface area contributed by atoms with Crippen LogP contribution in [0.3, 0.4) is 0 Å². The Kier molecular flexibility index (Phi) is 6.75. The highest BCUT2D eigenvalue weighted by Gasteiger charge is 2.14. The summed E-state index contributed by atoms with van der Waals surface area (Å²) in [4.78, 5) is 23.2. The van der Waals surface area contributed by atoms with Gasteiger partial charge in [-0.2, -0.15) is 0 Å². The third-order valence-electron chi connectivity index (χ3n) is 4.33. The van der Waals surface area contributed by atoms with Crippen LogP contribution in [0.1, 0.15) is 19.3 Å². The van der Waals surface area contributed by atoms with E-state index in [-0.39, 0.29) is 11.7 Å². The van der Waals surface area contributed by atoms with Gasteiger partial charge in [0.05, 0.1) is 20.0 Å². The molecule has 1 amide bonds. The summed E-state index contributed by atoms with van der Waals surface area (Å²) >= 11 is 1.40. The van der Waals surface area contributed by atoms with E-state index >= 15 is 0 Å². The molecule has 7 nitrogen and oxygen atoms in total. The molecule has 8 heteroatoms.